The van der Waals surface area contributed by atoms with Crippen molar-refractivity contribution in [3.63, 3.8) is 0 Å². The fraction of sp³-hybridized carbons (Fsp3) is 0.150. The molecular formula is C20H18N2O3S. The maximum Gasteiger partial charge on any atom is 0.271 e. The van der Waals surface area contributed by atoms with E-state index in [9.17, 15) is 14.9 Å². The normalized spacial score (nSPS) is 11.1. The van der Waals surface area contributed by atoms with Gasteiger partial charge in [-0.15, -0.1) is 11.3 Å². The van der Waals surface area contributed by atoms with Crippen LogP contribution in [0, 0.1) is 10.1 Å². The zero-order valence-corrected chi connectivity index (χ0v) is 15.1. The second-order valence-electron chi connectivity index (χ2n) is 5.79. The van der Waals surface area contributed by atoms with E-state index in [4.69, 9.17) is 0 Å². The maximum atomic E-state index is 12.4. The highest BCUT2D eigenvalue weighted by atomic mass is 32.1. The van der Waals surface area contributed by atoms with Crippen molar-refractivity contribution in [3.05, 3.63) is 86.4 Å². The number of ketones is 1. The number of nitro benzene ring substituents is 1. The number of aromatic nitrogens is 1. The molecule has 0 N–H and O–H groups in total. The van der Waals surface area contributed by atoms with Gasteiger partial charge in [0.2, 0.25) is 0 Å². The summed E-state index contributed by atoms with van der Waals surface area (Å²) in [5, 5.41) is 11.0. The van der Waals surface area contributed by atoms with Crippen molar-refractivity contribution in [1.29, 1.82) is 0 Å². The molecule has 5 nitrogen and oxygen atoms in total. The molecule has 0 spiro atoms. The van der Waals surface area contributed by atoms with Crippen molar-refractivity contribution in [1.82, 2.24) is 4.57 Å². The topological polar surface area (TPSA) is 65.1 Å². The molecule has 0 aliphatic rings. The summed E-state index contributed by atoms with van der Waals surface area (Å²) in [7, 11) is 0. The molecule has 0 radical (unpaired) electrons. The molecule has 0 fully saturated rings. The molecule has 0 aliphatic heterocycles. The number of carbonyl (C=O) groups excluding carboxylic acids is 1. The summed E-state index contributed by atoms with van der Waals surface area (Å²) in [4.78, 5) is 24.9. The lowest BCUT2D eigenvalue weighted by Gasteiger charge is -2.06. The van der Waals surface area contributed by atoms with E-state index in [1.54, 1.807) is 24.3 Å². The summed E-state index contributed by atoms with van der Waals surface area (Å²) in [6.07, 6.45) is 7.14. The third-order valence-corrected chi connectivity index (χ3v) is 5.06. The molecule has 2 heterocycles. The minimum Gasteiger partial charge on any atom is -0.317 e. The van der Waals surface area contributed by atoms with E-state index >= 15 is 0 Å². The average Bonchev–Trinajstić information content (AvgIpc) is 3.29. The van der Waals surface area contributed by atoms with Gasteiger partial charge in [-0.2, -0.15) is 0 Å². The Morgan fingerprint density at radius 3 is 2.85 bits per heavy atom. The SMILES string of the molecule is CCCc1ccc(C(=O)/C=C/c2cccn2-c2cccc([N+](=O)[O-])c2)s1. The monoisotopic (exact) mass is 366 g/mol. The lowest BCUT2D eigenvalue weighted by atomic mass is 10.2. The summed E-state index contributed by atoms with van der Waals surface area (Å²) >= 11 is 1.53. The van der Waals surface area contributed by atoms with Crippen LogP contribution in [0.4, 0.5) is 5.69 Å². The molecule has 0 aliphatic carbocycles. The third-order valence-electron chi connectivity index (χ3n) is 3.91. The number of benzene rings is 1. The van der Waals surface area contributed by atoms with E-state index < -0.39 is 4.92 Å². The highest BCUT2D eigenvalue weighted by molar-refractivity contribution is 7.14. The van der Waals surface area contributed by atoms with Crippen molar-refractivity contribution in [2.45, 2.75) is 19.8 Å². The van der Waals surface area contributed by atoms with Crippen LogP contribution in [0.1, 0.15) is 33.6 Å². The first-order valence-electron chi connectivity index (χ1n) is 8.32. The number of thiophene rings is 1. The molecule has 132 valence electrons. The quantitative estimate of drug-likeness (QED) is 0.247. The molecule has 3 rings (SSSR count). The highest BCUT2D eigenvalue weighted by Crippen LogP contribution is 2.21. The molecule has 0 unspecified atom stereocenters. The molecule has 0 atom stereocenters. The molecule has 1 aromatic carbocycles. The van der Waals surface area contributed by atoms with Gasteiger partial charge in [0.1, 0.15) is 0 Å². The molecule has 3 aromatic rings. The molecule has 26 heavy (non-hydrogen) atoms. The largest absolute Gasteiger partial charge is 0.317 e. The summed E-state index contributed by atoms with van der Waals surface area (Å²) < 4.78 is 1.81. The zero-order valence-electron chi connectivity index (χ0n) is 14.3. The van der Waals surface area contributed by atoms with E-state index in [1.165, 1.54) is 28.3 Å². The smallest absolute Gasteiger partial charge is 0.271 e. The molecule has 0 saturated heterocycles. The Balaban J connectivity index is 1.82. The van der Waals surface area contributed by atoms with Crippen LogP contribution in [0.25, 0.3) is 11.8 Å². The van der Waals surface area contributed by atoms with Crippen LogP contribution < -0.4 is 0 Å². The number of hydrogen-bond donors (Lipinski definition) is 0. The molecule has 0 bridgehead atoms. The van der Waals surface area contributed by atoms with Gasteiger partial charge in [-0.1, -0.05) is 19.4 Å². The number of rotatable bonds is 7. The lowest BCUT2D eigenvalue weighted by Crippen LogP contribution is -1.97. The van der Waals surface area contributed by atoms with Gasteiger partial charge in [0, 0.05) is 28.9 Å². The lowest BCUT2D eigenvalue weighted by molar-refractivity contribution is -0.384. The van der Waals surface area contributed by atoms with E-state index in [1.807, 2.05) is 35.0 Å². The first-order valence-corrected chi connectivity index (χ1v) is 9.13. The second-order valence-corrected chi connectivity index (χ2v) is 6.96. The van der Waals surface area contributed by atoms with Crippen LogP contribution in [0.2, 0.25) is 0 Å². The molecule has 2 aromatic heterocycles. The molecule has 6 heteroatoms. The van der Waals surface area contributed by atoms with Crippen LogP contribution >= 0.6 is 11.3 Å². The molecular weight excluding hydrogens is 348 g/mol. The van der Waals surface area contributed by atoms with E-state index in [2.05, 4.69) is 6.92 Å². The van der Waals surface area contributed by atoms with Crippen molar-refractivity contribution < 1.29 is 9.72 Å². The van der Waals surface area contributed by atoms with Gasteiger partial charge in [0.15, 0.2) is 5.78 Å². The van der Waals surface area contributed by atoms with Gasteiger partial charge in [0.05, 0.1) is 15.5 Å². The van der Waals surface area contributed by atoms with Crippen molar-refractivity contribution in [3.8, 4) is 5.69 Å². The standard InChI is InChI=1S/C20H18N2O3S/c1-2-5-18-10-12-20(26-18)19(23)11-9-15-8-4-13-21(15)16-6-3-7-17(14-16)22(24)25/h3-4,6-14H,2,5H2,1H3/b11-9+. The summed E-state index contributed by atoms with van der Waals surface area (Å²) in [5.74, 6) is -0.0378. The number of aryl methyl sites for hydroxylation is 1. The van der Waals surface area contributed by atoms with Crippen molar-refractivity contribution in [2.24, 2.45) is 0 Å². The predicted octanol–water partition coefficient (Wildman–Crippen LogP) is 5.30. The average molecular weight is 366 g/mol. The zero-order chi connectivity index (χ0) is 18.5. The summed E-state index contributed by atoms with van der Waals surface area (Å²) in [6.45, 7) is 2.11. The Morgan fingerprint density at radius 2 is 2.08 bits per heavy atom. The van der Waals surface area contributed by atoms with Gasteiger partial charge in [-0.3, -0.25) is 14.9 Å². The van der Waals surface area contributed by atoms with Crippen LogP contribution in [0.15, 0.2) is 60.8 Å². The Labute approximate surface area is 155 Å². The minimum absolute atomic E-state index is 0.0317. The first kappa shape index (κ1) is 17.8. The Morgan fingerprint density at radius 1 is 1.23 bits per heavy atom. The van der Waals surface area contributed by atoms with E-state index in [0.29, 0.717) is 5.69 Å². The van der Waals surface area contributed by atoms with Gasteiger partial charge >= 0.3 is 0 Å². The summed E-state index contributed by atoms with van der Waals surface area (Å²) in [6, 6.07) is 14.0. The van der Waals surface area contributed by atoms with Crippen LogP contribution in [0.3, 0.4) is 0 Å². The fourth-order valence-corrected chi connectivity index (χ4v) is 3.69. The highest BCUT2D eigenvalue weighted by Gasteiger charge is 2.09. The van der Waals surface area contributed by atoms with Gasteiger partial charge in [0.25, 0.3) is 5.69 Å². The van der Waals surface area contributed by atoms with Gasteiger partial charge in [-0.05, 0) is 48.9 Å². The van der Waals surface area contributed by atoms with Crippen LogP contribution in [-0.2, 0) is 6.42 Å². The fourth-order valence-electron chi connectivity index (χ4n) is 2.66. The second kappa shape index (κ2) is 7.93. The summed E-state index contributed by atoms with van der Waals surface area (Å²) in [5.41, 5.74) is 1.49. The Bertz CT molecular complexity index is 969. The number of non-ortho nitro benzene ring substituents is 1. The number of nitro groups is 1. The number of allylic oxidation sites excluding steroid dienone is 1. The van der Waals surface area contributed by atoms with E-state index in [-0.39, 0.29) is 11.5 Å². The molecule has 0 amide bonds. The van der Waals surface area contributed by atoms with E-state index in [0.717, 1.165) is 23.4 Å². The third kappa shape index (κ3) is 3.97. The van der Waals surface area contributed by atoms with Crippen LogP contribution in [-0.4, -0.2) is 15.3 Å². The molecule has 0 saturated carbocycles. The minimum atomic E-state index is -0.420. The van der Waals surface area contributed by atoms with Gasteiger partial charge in [-0.25, -0.2) is 0 Å². The Hall–Kier alpha value is -2.99. The number of hydrogen-bond acceptors (Lipinski definition) is 4. The van der Waals surface area contributed by atoms with Gasteiger partial charge < -0.3 is 4.57 Å². The van der Waals surface area contributed by atoms with Crippen molar-refractivity contribution >= 4 is 28.9 Å². The van der Waals surface area contributed by atoms with Crippen molar-refractivity contribution in [2.75, 3.05) is 0 Å². The predicted molar refractivity (Wildman–Crippen MR) is 104 cm³/mol. The number of carbonyl (C=O) groups is 1. The first-order chi connectivity index (χ1) is 12.6. The Kier molecular flexibility index (Phi) is 5.43. The number of nitrogens with zero attached hydrogens (tertiary/aromatic N) is 2. The van der Waals surface area contributed by atoms with Crippen LogP contribution in [0.5, 0.6) is 0 Å². The maximum absolute atomic E-state index is 12.4.